The highest BCUT2D eigenvalue weighted by Crippen LogP contribution is 2.35. The van der Waals surface area contributed by atoms with Crippen LogP contribution in [0.4, 0.5) is 10.1 Å². The fraction of sp³-hybridized carbons (Fsp3) is 0.138. The number of H-pyrrole nitrogens is 2. The first-order valence-electron chi connectivity index (χ1n) is 12.1. The van der Waals surface area contributed by atoms with Crippen molar-refractivity contribution in [3.8, 4) is 33.8 Å². The summed E-state index contributed by atoms with van der Waals surface area (Å²) >= 11 is 0. The molecule has 0 amide bonds. The predicted molar refractivity (Wildman–Crippen MR) is 147 cm³/mol. The Morgan fingerprint density at radius 3 is 2.68 bits per heavy atom. The van der Waals surface area contributed by atoms with Crippen LogP contribution in [0.3, 0.4) is 0 Å². The summed E-state index contributed by atoms with van der Waals surface area (Å²) in [5, 5.41) is 13.0. The molecule has 0 atom stereocenters. The summed E-state index contributed by atoms with van der Waals surface area (Å²) in [6, 6.07) is 19.1. The number of anilines is 1. The van der Waals surface area contributed by atoms with E-state index in [-0.39, 0.29) is 5.82 Å². The second-order valence-electron chi connectivity index (χ2n) is 9.34. The van der Waals surface area contributed by atoms with Crippen LogP contribution < -0.4 is 5.32 Å². The first kappa shape index (κ1) is 22.9. The minimum atomic E-state index is -0.272. The molecule has 0 aliphatic rings. The third-order valence-electron chi connectivity index (χ3n) is 6.42. The fourth-order valence-corrected chi connectivity index (χ4v) is 4.60. The monoisotopic (exact) mass is 491 g/mol. The highest BCUT2D eigenvalue weighted by atomic mass is 19.1. The van der Waals surface area contributed by atoms with Gasteiger partial charge in [-0.05, 0) is 73.8 Å². The molecule has 0 fully saturated rings. The quantitative estimate of drug-likeness (QED) is 0.257. The van der Waals surface area contributed by atoms with Crippen molar-refractivity contribution in [1.29, 1.82) is 0 Å². The number of pyridine rings is 2. The zero-order chi connectivity index (χ0) is 25.4. The van der Waals surface area contributed by atoms with Crippen molar-refractivity contribution in [2.24, 2.45) is 0 Å². The standard InChI is InChI=1S/C29H26FN7/c1-37(2)10-9-32-21-12-19(11-20(30)13-21)22-6-3-7-25-23(22)14-27(34-25)29-24-15-26(18-5-4-8-31-16-18)33-17-28(24)35-36-29/h3-8,11-17,32,34H,9-10H2,1-2H3,(H,35,36). The Bertz CT molecular complexity index is 1700. The molecule has 6 rings (SSSR count). The number of nitrogens with one attached hydrogen (secondary N) is 3. The van der Waals surface area contributed by atoms with Crippen LogP contribution in [-0.2, 0) is 0 Å². The van der Waals surface area contributed by atoms with Gasteiger partial charge in [0.05, 0.1) is 23.1 Å². The van der Waals surface area contributed by atoms with E-state index in [1.807, 2.05) is 56.6 Å². The lowest BCUT2D eigenvalue weighted by Crippen LogP contribution is -2.20. The van der Waals surface area contributed by atoms with Crippen molar-refractivity contribution in [3.63, 3.8) is 0 Å². The number of rotatable bonds is 7. The predicted octanol–water partition coefficient (Wildman–Crippen LogP) is 5.95. The van der Waals surface area contributed by atoms with Crippen LogP contribution >= 0.6 is 0 Å². The van der Waals surface area contributed by atoms with Crippen LogP contribution in [0.2, 0.25) is 0 Å². The summed E-state index contributed by atoms with van der Waals surface area (Å²) < 4.78 is 14.6. The zero-order valence-corrected chi connectivity index (χ0v) is 20.6. The van der Waals surface area contributed by atoms with Gasteiger partial charge in [-0.3, -0.25) is 15.1 Å². The number of fused-ring (bicyclic) bond motifs is 2. The molecule has 0 unspecified atom stereocenters. The second-order valence-corrected chi connectivity index (χ2v) is 9.34. The number of hydrogen-bond donors (Lipinski definition) is 3. The fourth-order valence-electron chi connectivity index (χ4n) is 4.60. The van der Waals surface area contributed by atoms with E-state index in [0.717, 1.165) is 74.4 Å². The van der Waals surface area contributed by atoms with Gasteiger partial charge in [0.15, 0.2) is 0 Å². The third kappa shape index (κ3) is 4.54. The molecule has 3 N–H and O–H groups in total. The van der Waals surface area contributed by atoms with Crippen LogP contribution in [0.5, 0.6) is 0 Å². The lowest BCUT2D eigenvalue weighted by molar-refractivity contribution is 0.425. The molecule has 0 spiro atoms. The van der Waals surface area contributed by atoms with E-state index in [2.05, 4.69) is 41.4 Å². The summed E-state index contributed by atoms with van der Waals surface area (Å²) in [6.07, 6.45) is 5.33. The van der Waals surface area contributed by atoms with Gasteiger partial charge in [-0.15, -0.1) is 0 Å². The molecule has 37 heavy (non-hydrogen) atoms. The largest absolute Gasteiger partial charge is 0.384 e. The first-order valence-corrected chi connectivity index (χ1v) is 12.1. The lowest BCUT2D eigenvalue weighted by Gasteiger charge is -2.13. The van der Waals surface area contributed by atoms with Crippen LogP contribution in [0.15, 0.2) is 79.3 Å². The Labute approximate surface area is 213 Å². The van der Waals surface area contributed by atoms with E-state index in [4.69, 9.17) is 0 Å². The number of likely N-dealkylation sites (N-methyl/N-ethyl adjacent to an activating group) is 1. The average Bonchev–Trinajstić information content (AvgIpc) is 3.52. The summed E-state index contributed by atoms with van der Waals surface area (Å²) in [7, 11) is 4.03. The summed E-state index contributed by atoms with van der Waals surface area (Å²) in [4.78, 5) is 14.4. The van der Waals surface area contributed by atoms with Gasteiger partial charge in [-0.1, -0.05) is 12.1 Å². The zero-order valence-electron chi connectivity index (χ0n) is 20.6. The smallest absolute Gasteiger partial charge is 0.125 e. The molecule has 8 heteroatoms. The molecular formula is C29H26FN7. The normalized spacial score (nSPS) is 11.6. The van der Waals surface area contributed by atoms with E-state index in [0.29, 0.717) is 0 Å². The van der Waals surface area contributed by atoms with E-state index in [1.165, 1.54) is 6.07 Å². The molecule has 0 aliphatic heterocycles. The first-order chi connectivity index (χ1) is 18.0. The van der Waals surface area contributed by atoms with Gasteiger partial charge in [0.2, 0.25) is 0 Å². The van der Waals surface area contributed by atoms with Gasteiger partial charge in [-0.25, -0.2) is 4.39 Å². The molecular weight excluding hydrogens is 465 g/mol. The van der Waals surface area contributed by atoms with Crippen molar-refractivity contribution in [2.75, 3.05) is 32.5 Å². The van der Waals surface area contributed by atoms with E-state index >= 15 is 0 Å². The SMILES string of the molecule is CN(C)CCNc1cc(F)cc(-c2cccc3[nH]c(-c4n[nH]c5cnc(-c6cccnc6)cc45)cc23)c1. The van der Waals surface area contributed by atoms with Crippen LogP contribution in [-0.4, -0.2) is 57.2 Å². The molecule has 0 aliphatic carbocycles. The Morgan fingerprint density at radius 1 is 0.919 bits per heavy atom. The highest BCUT2D eigenvalue weighted by Gasteiger charge is 2.15. The summed E-state index contributed by atoms with van der Waals surface area (Å²) in [5.74, 6) is -0.272. The molecule has 4 heterocycles. The van der Waals surface area contributed by atoms with Crippen LogP contribution in [0.25, 0.3) is 55.6 Å². The molecule has 7 nitrogen and oxygen atoms in total. The molecule has 6 aromatic rings. The van der Waals surface area contributed by atoms with Crippen LogP contribution in [0, 0.1) is 5.82 Å². The van der Waals surface area contributed by atoms with E-state index < -0.39 is 0 Å². The van der Waals surface area contributed by atoms with Gasteiger partial charge in [0.1, 0.15) is 11.5 Å². The van der Waals surface area contributed by atoms with E-state index in [1.54, 1.807) is 24.7 Å². The highest BCUT2D eigenvalue weighted by molar-refractivity contribution is 6.01. The molecule has 0 bridgehead atoms. The number of nitrogens with zero attached hydrogens (tertiary/aromatic N) is 4. The Hall–Kier alpha value is -4.56. The van der Waals surface area contributed by atoms with Crippen molar-refractivity contribution < 1.29 is 4.39 Å². The average molecular weight is 492 g/mol. The lowest BCUT2D eigenvalue weighted by atomic mass is 10.0. The van der Waals surface area contributed by atoms with Crippen molar-refractivity contribution in [3.05, 3.63) is 85.1 Å². The number of hydrogen-bond acceptors (Lipinski definition) is 5. The summed E-state index contributed by atoms with van der Waals surface area (Å²) in [6.45, 7) is 1.59. The number of benzene rings is 2. The summed E-state index contributed by atoms with van der Waals surface area (Å²) in [5.41, 5.74) is 7.78. The van der Waals surface area contributed by atoms with Gasteiger partial charge in [-0.2, -0.15) is 5.10 Å². The van der Waals surface area contributed by atoms with Gasteiger partial charge in [0.25, 0.3) is 0 Å². The van der Waals surface area contributed by atoms with E-state index in [9.17, 15) is 4.39 Å². The van der Waals surface area contributed by atoms with Gasteiger partial charge < -0.3 is 15.2 Å². The number of halogens is 1. The van der Waals surface area contributed by atoms with Crippen LogP contribution in [0.1, 0.15) is 0 Å². The van der Waals surface area contributed by atoms with Crippen molar-refractivity contribution in [1.82, 2.24) is 30.0 Å². The van der Waals surface area contributed by atoms with Gasteiger partial charge >= 0.3 is 0 Å². The Morgan fingerprint density at radius 2 is 1.84 bits per heavy atom. The molecule has 4 aromatic heterocycles. The van der Waals surface area contributed by atoms with Crippen molar-refractivity contribution in [2.45, 2.75) is 0 Å². The molecule has 184 valence electrons. The number of aromatic amines is 2. The minimum absolute atomic E-state index is 0.272. The third-order valence-corrected chi connectivity index (χ3v) is 6.42. The Balaban J connectivity index is 1.41. The topological polar surface area (TPSA) is 85.5 Å². The Kier molecular flexibility index (Phi) is 5.86. The second kappa shape index (κ2) is 9.48. The van der Waals surface area contributed by atoms with Crippen molar-refractivity contribution >= 4 is 27.5 Å². The van der Waals surface area contributed by atoms with Gasteiger partial charge in [0, 0.05) is 53.0 Å². The molecule has 0 radical (unpaired) electrons. The number of aromatic nitrogens is 5. The maximum Gasteiger partial charge on any atom is 0.125 e. The molecule has 2 aromatic carbocycles. The maximum atomic E-state index is 14.6. The maximum absolute atomic E-state index is 14.6. The molecule has 0 saturated carbocycles. The molecule has 0 saturated heterocycles. The minimum Gasteiger partial charge on any atom is -0.384 e.